The lowest BCUT2D eigenvalue weighted by Crippen LogP contribution is -1.97. The summed E-state index contributed by atoms with van der Waals surface area (Å²) in [4.78, 5) is 10.8. The van der Waals surface area contributed by atoms with E-state index in [1.165, 1.54) is 0 Å². The summed E-state index contributed by atoms with van der Waals surface area (Å²) >= 11 is 0. The molecule has 0 saturated heterocycles. The average Bonchev–Trinajstić information content (AvgIpc) is 3.05. The lowest BCUT2D eigenvalue weighted by atomic mass is 9.99. The summed E-state index contributed by atoms with van der Waals surface area (Å²) in [5, 5.41) is 15.3. The molecular weight excluding hydrogens is 459 g/mol. The number of carboxylic acids is 1. The van der Waals surface area contributed by atoms with Gasteiger partial charge >= 0.3 is 14.2 Å². The first kappa shape index (κ1) is 21.3. The van der Waals surface area contributed by atoms with E-state index in [1.54, 1.807) is 0 Å². The fraction of sp³-hybridized carbons (Fsp3) is 0.0690. The molecule has 0 fully saturated rings. The number of carbonyl (C=O) groups is 1. The van der Waals surface area contributed by atoms with Crippen LogP contribution in [0.2, 0.25) is 0 Å². The minimum absolute atomic E-state index is 0.0919. The van der Waals surface area contributed by atoms with Gasteiger partial charge in [-0.1, -0.05) is 72.8 Å². The van der Waals surface area contributed by atoms with Crippen molar-refractivity contribution in [3.63, 3.8) is 0 Å². The van der Waals surface area contributed by atoms with Crippen molar-refractivity contribution in [3.05, 3.63) is 103 Å². The van der Waals surface area contributed by atoms with Crippen molar-refractivity contribution < 1.29 is 22.8 Å². The molecule has 5 aromatic carbocycles. The monoisotopic (exact) mass is 480 g/mol. The number of rotatable bonds is 5. The molecule has 0 aliphatic carbocycles. The van der Waals surface area contributed by atoms with Gasteiger partial charge in [0.1, 0.15) is 16.9 Å². The molecule has 35 heavy (non-hydrogen) atoms. The third-order valence-corrected chi connectivity index (χ3v) is 7.16. The standard InChI is InChI=1S/C29H21O5P/c30-27(31)18-11-19-9-14-22(15-10-19)32-35-33-25-16-12-20-5-1-3-7-23(20)28(25)29-24-8-4-2-6-21(24)13-17-26(29)34-35/h1-10,12-17H,11,18H2,(H,30,31). The van der Waals surface area contributed by atoms with Crippen LogP contribution in [0.3, 0.4) is 0 Å². The summed E-state index contributed by atoms with van der Waals surface area (Å²) in [6.07, 6.45) is 0.562. The number of carboxylic acid groups (broad SMARTS) is 1. The Morgan fingerprint density at radius 2 is 1.26 bits per heavy atom. The van der Waals surface area contributed by atoms with E-state index in [4.69, 9.17) is 18.0 Å². The van der Waals surface area contributed by atoms with Crippen LogP contribution in [-0.4, -0.2) is 11.1 Å². The number of hydrogen-bond acceptors (Lipinski definition) is 4. The summed E-state index contributed by atoms with van der Waals surface area (Å²) in [5.41, 5.74) is 2.36. The minimum Gasteiger partial charge on any atom is -0.481 e. The van der Waals surface area contributed by atoms with E-state index in [9.17, 15) is 4.79 Å². The first-order valence-electron chi connectivity index (χ1n) is 11.3. The van der Waals surface area contributed by atoms with E-state index in [2.05, 4.69) is 36.4 Å². The third-order valence-electron chi connectivity index (χ3n) is 6.11. The molecule has 0 spiro atoms. The third kappa shape index (κ3) is 4.11. The molecule has 172 valence electrons. The van der Waals surface area contributed by atoms with E-state index in [-0.39, 0.29) is 6.42 Å². The van der Waals surface area contributed by atoms with Crippen molar-refractivity contribution in [2.75, 3.05) is 0 Å². The summed E-state index contributed by atoms with van der Waals surface area (Å²) in [6.45, 7) is 0. The molecule has 0 bridgehead atoms. The van der Waals surface area contributed by atoms with Gasteiger partial charge in [0, 0.05) is 17.2 Å². The Morgan fingerprint density at radius 1 is 0.714 bits per heavy atom. The van der Waals surface area contributed by atoms with Crippen LogP contribution >= 0.6 is 8.24 Å². The molecule has 0 amide bonds. The summed E-state index contributed by atoms with van der Waals surface area (Å²) in [5.74, 6) is -0.215. The van der Waals surface area contributed by atoms with Crippen LogP contribution in [0.5, 0.6) is 5.75 Å². The number of benzene rings is 5. The first-order valence-corrected chi connectivity index (χ1v) is 12.4. The Bertz CT molecular complexity index is 1650. The van der Waals surface area contributed by atoms with E-state index in [0.29, 0.717) is 23.3 Å². The lowest BCUT2D eigenvalue weighted by molar-refractivity contribution is -0.136. The molecule has 6 aromatic rings. The van der Waals surface area contributed by atoms with Crippen molar-refractivity contribution in [2.45, 2.75) is 12.8 Å². The quantitative estimate of drug-likeness (QED) is 0.268. The summed E-state index contributed by atoms with van der Waals surface area (Å²) in [7, 11) is -1.78. The molecule has 0 atom stereocenters. The average molecular weight is 480 g/mol. The van der Waals surface area contributed by atoms with Gasteiger partial charge in [0.25, 0.3) is 0 Å². The SMILES string of the molecule is O=C(O)CCc1ccc(Op2oc3ccc4ccccc4c3c3c(ccc4ccccc43)o2)cc1. The van der Waals surface area contributed by atoms with Crippen LogP contribution in [0.1, 0.15) is 12.0 Å². The van der Waals surface area contributed by atoms with Crippen LogP contribution in [0, 0.1) is 0 Å². The van der Waals surface area contributed by atoms with Gasteiger partial charge in [0.05, 0.1) is 0 Å². The highest BCUT2D eigenvalue weighted by Crippen LogP contribution is 2.41. The molecule has 6 rings (SSSR count). The Kier molecular flexibility index (Phi) is 5.40. The first-order chi connectivity index (χ1) is 17.2. The Morgan fingerprint density at radius 3 is 1.80 bits per heavy atom. The van der Waals surface area contributed by atoms with Crippen LogP contribution in [0.15, 0.2) is 105 Å². The molecule has 1 heterocycles. The van der Waals surface area contributed by atoms with Crippen molar-refractivity contribution in [1.29, 1.82) is 0 Å². The fourth-order valence-corrected chi connectivity index (χ4v) is 5.47. The smallest absolute Gasteiger partial charge is 0.453 e. The number of aliphatic carboxylic acids is 1. The summed E-state index contributed by atoms with van der Waals surface area (Å²) < 4.78 is 18.9. The molecule has 0 radical (unpaired) electrons. The molecule has 0 unspecified atom stereocenters. The lowest BCUT2D eigenvalue weighted by Gasteiger charge is -2.05. The fourth-order valence-electron chi connectivity index (χ4n) is 4.44. The normalized spacial score (nSPS) is 11.3. The molecule has 0 saturated carbocycles. The van der Waals surface area contributed by atoms with Gasteiger partial charge in [-0.3, -0.25) is 4.79 Å². The van der Waals surface area contributed by atoms with E-state index in [1.807, 2.05) is 60.7 Å². The second-order valence-corrected chi connectivity index (χ2v) is 9.35. The highest BCUT2D eigenvalue weighted by Gasteiger charge is 2.14. The highest BCUT2D eigenvalue weighted by atomic mass is 31.1. The van der Waals surface area contributed by atoms with Gasteiger partial charge in [-0.15, -0.1) is 0 Å². The zero-order chi connectivity index (χ0) is 23.8. The van der Waals surface area contributed by atoms with Gasteiger partial charge in [-0.05, 0) is 57.8 Å². The number of fused-ring (bicyclic) bond motifs is 7. The Balaban J connectivity index is 1.56. The van der Waals surface area contributed by atoms with Crippen LogP contribution in [-0.2, 0) is 11.2 Å². The molecule has 0 aliphatic heterocycles. The Labute approximate surface area is 201 Å². The van der Waals surface area contributed by atoms with E-state index < -0.39 is 14.2 Å². The van der Waals surface area contributed by atoms with Gasteiger partial charge in [0.2, 0.25) is 0 Å². The molecule has 5 nitrogen and oxygen atoms in total. The largest absolute Gasteiger partial charge is 0.481 e. The number of hydrogen-bond donors (Lipinski definition) is 1. The molecule has 1 N–H and O–H groups in total. The van der Waals surface area contributed by atoms with Crippen LogP contribution in [0.25, 0.3) is 43.5 Å². The molecule has 1 aromatic heterocycles. The predicted octanol–water partition coefficient (Wildman–Crippen LogP) is 8.46. The topological polar surface area (TPSA) is 72.8 Å². The summed E-state index contributed by atoms with van der Waals surface area (Å²) in [6, 6.07) is 32.0. The van der Waals surface area contributed by atoms with E-state index >= 15 is 0 Å². The van der Waals surface area contributed by atoms with E-state index in [0.717, 1.165) is 37.9 Å². The molecule has 0 aliphatic rings. The van der Waals surface area contributed by atoms with Crippen molar-refractivity contribution >= 4 is 57.7 Å². The predicted molar refractivity (Wildman–Crippen MR) is 140 cm³/mol. The molecule has 6 heteroatoms. The maximum Gasteiger partial charge on any atom is 0.453 e. The van der Waals surface area contributed by atoms with Gasteiger partial charge < -0.3 is 18.0 Å². The van der Waals surface area contributed by atoms with Gasteiger partial charge in [0.15, 0.2) is 0 Å². The van der Waals surface area contributed by atoms with Crippen LogP contribution < -0.4 is 4.52 Å². The maximum absolute atomic E-state index is 10.8. The maximum atomic E-state index is 10.8. The van der Waals surface area contributed by atoms with Crippen molar-refractivity contribution in [2.24, 2.45) is 0 Å². The Hall–Kier alpha value is -4.21. The molecular formula is C29H21O5P. The minimum atomic E-state index is -1.78. The van der Waals surface area contributed by atoms with Gasteiger partial charge in [-0.25, -0.2) is 0 Å². The second-order valence-electron chi connectivity index (χ2n) is 8.35. The van der Waals surface area contributed by atoms with Crippen molar-refractivity contribution in [1.82, 2.24) is 0 Å². The zero-order valence-corrected chi connectivity index (χ0v) is 19.6. The second kappa shape index (κ2) is 8.86. The highest BCUT2D eigenvalue weighted by molar-refractivity contribution is 7.32. The van der Waals surface area contributed by atoms with Crippen molar-refractivity contribution in [3.8, 4) is 5.75 Å². The zero-order valence-electron chi connectivity index (χ0n) is 18.7. The van der Waals surface area contributed by atoms with Gasteiger partial charge in [-0.2, -0.15) is 0 Å². The van der Waals surface area contributed by atoms with Crippen LogP contribution in [0.4, 0.5) is 0 Å². The number of aryl methyl sites for hydroxylation is 1.